The fraction of sp³-hybridized carbons (Fsp3) is 0.938. The van der Waals surface area contributed by atoms with Crippen LogP contribution in [-0.2, 0) is 4.74 Å². The Morgan fingerprint density at radius 2 is 1.95 bits per heavy atom. The maximum Gasteiger partial charge on any atom is 0.104 e. The van der Waals surface area contributed by atoms with Gasteiger partial charge in [-0.3, -0.25) is 5.32 Å². The molecule has 0 heterocycles. The summed E-state index contributed by atoms with van der Waals surface area (Å²) in [4.78, 5) is 0. The molecule has 3 heteroatoms. The molecule has 0 fully saturated rings. The number of nitrogens with zero attached hydrogens (tertiary/aromatic N) is 1. The molecule has 0 aromatic rings. The van der Waals surface area contributed by atoms with E-state index in [-0.39, 0.29) is 0 Å². The third-order valence-electron chi connectivity index (χ3n) is 3.25. The zero-order valence-corrected chi connectivity index (χ0v) is 13.5. The van der Waals surface area contributed by atoms with Crippen LogP contribution >= 0.6 is 0 Å². The minimum absolute atomic E-state index is 0.343. The zero-order valence-electron chi connectivity index (χ0n) is 13.5. The van der Waals surface area contributed by atoms with Crippen molar-refractivity contribution in [3.8, 4) is 6.07 Å². The second-order valence-corrected chi connectivity index (χ2v) is 6.17. The molecule has 0 aliphatic rings. The van der Waals surface area contributed by atoms with Gasteiger partial charge in [0.25, 0.3) is 0 Å². The van der Waals surface area contributed by atoms with Crippen molar-refractivity contribution >= 4 is 0 Å². The highest BCUT2D eigenvalue weighted by atomic mass is 16.5. The maximum atomic E-state index is 9.22. The predicted molar refractivity (Wildman–Crippen MR) is 81.0 cm³/mol. The van der Waals surface area contributed by atoms with Crippen LogP contribution in [0.4, 0.5) is 0 Å². The summed E-state index contributed by atoms with van der Waals surface area (Å²) < 4.78 is 5.67. The number of hydrogen-bond acceptors (Lipinski definition) is 3. The van der Waals surface area contributed by atoms with Gasteiger partial charge in [-0.15, -0.1) is 0 Å². The number of ether oxygens (including phenoxy) is 1. The van der Waals surface area contributed by atoms with Crippen molar-refractivity contribution in [1.82, 2.24) is 5.32 Å². The molecule has 0 aliphatic heterocycles. The Kier molecular flexibility index (Phi) is 9.91. The van der Waals surface area contributed by atoms with Gasteiger partial charge in [0.05, 0.1) is 6.07 Å². The lowest BCUT2D eigenvalue weighted by Crippen LogP contribution is -2.44. The van der Waals surface area contributed by atoms with Crippen LogP contribution < -0.4 is 5.32 Å². The number of unbranched alkanes of at least 4 members (excludes halogenated alkanes) is 1. The molecule has 0 rings (SSSR count). The third kappa shape index (κ3) is 9.92. The lowest BCUT2D eigenvalue weighted by Gasteiger charge is -2.25. The summed E-state index contributed by atoms with van der Waals surface area (Å²) in [6, 6.07) is 2.73. The second kappa shape index (κ2) is 10.2. The monoisotopic (exact) mass is 268 g/mol. The average molecular weight is 268 g/mol. The van der Waals surface area contributed by atoms with Gasteiger partial charge in [0, 0.05) is 19.3 Å². The molecule has 0 spiro atoms. The van der Waals surface area contributed by atoms with Gasteiger partial charge in [0.15, 0.2) is 0 Å². The van der Waals surface area contributed by atoms with Gasteiger partial charge in [-0.25, -0.2) is 0 Å². The van der Waals surface area contributed by atoms with Crippen LogP contribution in [0.15, 0.2) is 0 Å². The first-order valence-electron chi connectivity index (χ1n) is 7.70. The van der Waals surface area contributed by atoms with Gasteiger partial charge in [0.2, 0.25) is 0 Å². The van der Waals surface area contributed by atoms with E-state index in [1.165, 1.54) is 12.8 Å². The maximum absolute atomic E-state index is 9.22. The Balaban J connectivity index is 3.65. The Hall–Kier alpha value is -0.590. The van der Waals surface area contributed by atoms with E-state index in [0.29, 0.717) is 12.0 Å². The van der Waals surface area contributed by atoms with Crippen LogP contribution in [0.25, 0.3) is 0 Å². The molecule has 3 nitrogen and oxygen atoms in total. The SMILES string of the molecule is CCCC(C)COCCCCC(C)(C#N)NC(C)C. The highest BCUT2D eigenvalue weighted by Crippen LogP contribution is 2.14. The molecule has 19 heavy (non-hydrogen) atoms. The zero-order chi connectivity index (χ0) is 14.7. The summed E-state index contributed by atoms with van der Waals surface area (Å²) >= 11 is 0. The molecule has 0 aromatic heterocycles. The standard InChI is InChI=1S/C16H32N2O/c1-6-9-15(4)12-19-11-8-7-10-16(5,13-17)18-14(2)3/h14-15,18H,6-12H2,1-5H3. The number of hydrogen-bond donors (Lipinski definition) is 1. The van der Waals surface area contributed by atoms with Crippen molar-refractivity contribution < 1.29 is 4.74 Å². The minimum Gasteiger partial charge on any atom is -0.381 e. The fourth-order valence-corrected chi connectivity index (χ4v) is 2.34. The summed E-state index contributed by atoms with van der Waals surface area (Å²) in [6.07, 6.45) is 5.42. The Bertz CT molecular complexity index is 260. The molecular weight excluding hydrogens is 236 g/mol. The van der Waals surface area contributed by atoms with E-state index in [4.69, 9.17) is 4.74 Å². The third-order valence-corrected chi connectivity index (χ3v) is 3.25. The van der Waals surface area contributed by atoms with Gasteiger partial charge in [-0.1, -0.05) is 20.3 Å². The van der Waals surface area contributed by atoms with Crippen LogP contribution in [0.5, 0.6) is 0 Å². The van der Waals surface area contributed by atoms with E-state index in [9.17, 15) is 5.26 Å². The molecule has 112 valence electrons. The minimum atomic E-state index is -0.399. The molecular formula is C16H32N2O. The Morgan fingerprint density at radius 1 is 1.26 bits per heavy atom. The first-order valence-corrected chi connectivity index (χ1v) is 7.70. The van der Waals surface area contributed by atoms with Gasteiger partial charge in [0.1, 0.15) is 5.54 Å². The van der Waals surface area contributed by atoms with Crippen molar-refractivity contribution in [1.29, 1.82) is 5.26 Å². The number of nitrogens with one attached hydrogen (secondary N) is 1. The van der Waals surface area contributed by atoms with Crippen LogP contribution in [0.2, 0.25) is 0 Å². The molecule has 0 amide bonds. The molecule has 1 N–H and O–H groups in total. The molecule has 0 saturated heterocycles. The van der Waals surface area contributed by atoms with Crippen molar-refractivity contribution in [2.24, 2.45) is 5.92 Å². The van der Waals surface area contributed by atoms with Crippen LogP contribution in [0, 0.1) is 17.2 Å². The molecule has 0 bridgehead atoms. The molecule has 0 aromatic carbocycles. The van der Waals surface area contributed by atoms with E-state index in [2.05, 4.69) is 39.1 Å². The normalized spacial score (nSPS) is 16.1. The summed E-state index contributed by atoms with van der Waals surface area (Å²) in [5, 5.41) is 12.6. The molecule has 2 atom stereocenters. The van der Waals surface area contributed by atoms with Crippen LogP contribution in [0.3, 0.4) is 0 Å². The Morgan fingerprint density at radius 3 is 2.47 bits per heavy atom. The quantitative estimate of drug-likeness (QED) is 0.578. The first-order chi connectivity index (χ1) is 8.93. The number of nitriles is 1. The van der Waals surface area contributed by atoms with E-state index < -0.39 is 5.54 Å². The molecule has 0 saturated carbocycles. The smallest absolute Gasteiger partial charge is 0.104 e. The fourth-order valence-electron chi connectivity index (χ4n) is 2.34. The van der Waals surface area contributed by atoms with E-state index >= 15 is 0 Å². The lowest BCUT2D eigenvalue weighted by molar-refractivity contribution is 0.0974. The van der Waals surface area contributed by atoms with Crippen molar-refractivity contribution in [3.05, 3.63) is 0 Å². The van der Waals surface area contributed by atoms with E-state index in [0.717, 1.165) is 32.5 Å². The topological polar surface area (TPSA) is 45.0 Å². The summed E-state index contributed by atoms with van der Waals surface area (Å²) in [7, 11) is 0. The van der Waals surface area contributed by atoms with E-state index in [1.54, 1.807) is 0 Å². The molecule has 2 unspecified atom stereocenters. The van der Waals surface area contributed by atoms with Crippen LogP contribution in [-0.4, -0.2) is 24.8 Å². The second-order valence-electron chi connectivity index (χ2n) is 6.17. The van der Waals surface area contributed by atoms with Crippen molar-refractivity contribution in [3.63, 3.8) is 0 Å². The van der Waals surface area contributed by atoms with Crippen molar-refractivity contribution in [2.75, 3.05) is 13.2 Å². The largest absolute Gasteiger partial charge is 0.381 e. The summed E-state index contributed by atoms with van der Waals surface area (Å²) in [5.74, 6) is 0.664. The highest BCUT2D eigenvalue weighted by Gasteiger charge is 2.23. The lowest BCUT2D eigenvalue weighted by atomic mass is 9.96. The average Bonchev–Trinajstić information content (AvgIpc) is 2.33. The molecule has 0 radical (unpaired) electrons. The van der Waals surface area contributed by atoms with Crippen molar-refractivity contribution in [2.45, 2.75) is 78.3 Å². The van der Waals surface area contributed by atoms with Gasteiger partial charge in [-0.05, 0) is 52.4 Å². The first kappa shape index (κ1) is 18.4. The predicted octanol–water partition coefficient (Wildman–Crippen LogP) is 3.89. The summed E-state index contributed by atoms with van der Waals surface area (Å²) in [5.41, 5.74) is -0.399. The Labute approximate surface area is 119 Å². The van der Waals surface area contributed by atoms with Gasteiger partial charge < -0.3 is 4.74 Å². The highest BCUT2D eigenvalue weighted by molar-refractivity contribution is 5.04. The van der Waals surface area contributed by atoms with Crippen LogP contribution in [0.1, 0.15) is 66.7 Å². The van der Waals surface area contributed by atoms with Gasteiger partial charge in [-0.2, -0.15) is 5.26 Å². The molecule has 0 aliphatic carbocycles. The van der Waals surface area contributed by atoms with E-state index in [1.807, 2.05) is 6.92 Å². The number of rotatable bonds is 11. The summed E-state index contributed by atoms with van der Waals surface area (Å²) in [6.45, 7) is 12.3. The van der Waals surface area contributed by atoms with Gasteiger partial charge >= 0.3 is 0 Å².